The Balaban J connectivity index is 2.89. The zero-order valence-corrected chi connectivity index (χ0v) is 7.42. The van der Waals surface area contributed by atoms with Gasteiger partial charge in [-0.3, -0.25) is 10.7 Å². The Morgan fingerprint density at radius 1 is 1.67 bits per heavy atom. The summed E-state index contributed by atoms with van der Waals surface area (Å²) in [5.74, 6) is -0.458. The highest BCUT2D eigenvalue weighted by molar-refractivity contribution is 9.10. The van der Waals surface area contributed by atoms with E-state index in [0.717, 1.165) is 6.34 Å². The number of aliphatic imine (C=N–C) groups is 1. The van der Waals surface area contributed by atoms with E-state index in [-0.39, 0.29) is 10.3 Å². The van der Waals surface area contributed by atoms with E-state index in [1.165, 1.54) is 12.1 Å². The second-order valence-electron chi connectivity index (χ2n) is 1.83. The highest BCUT2D eigenvalue weighted by Gasteiger charge is 1.99. The molecule has 0 amide bonds. The van der Waals surface area contributed by atoms with Crippen molar-refractivity contribution >= 4 is 28.1 Å². The summed E-state index contributed by atoms with van der Waals surface area (Å²) in [5.41, 5.74) is 1.68. The fourth-order valence-corrected chi connectivity index (χ4v) is 0.795. The third-order valence-corrected chi connectivity index (χ3v) is 1.63. The van der Waals surface area contributed by atoms with Gasteiger partial charge in [-0.2, -0.15) is 9.37 Å². The smallest absolute Gasteiger partial charge is 0.229 e. The third-order valence-electron chi connectivity index (χ3n) is 1.04. The maximum atomic E-state index is 12.7. The first-order valence-corrected chi connectivity index (χ1v) is 3.77. The van der Waals surface area contributed by atoms with E-state index in [1.807, 2.05) is 0 Å². The van der Waals surface area contributed by atoms with Gasteiger partial charge in [-0.15, -0.1) is 0 Å². The van der Waals surface area contributed by atoms with Crippen molar-refractivity contribution in [3.8, 4) is 0 Å². The number of pyridine rings is 1. The molecule has 1 heterocycles. The van der Waals surface area contributed by atoms with Crippen LogP contribution in [0.5, 0.6) is 0 Å². The van der Waals surface area contributed by atoms with Gasteiger partial charge in [-0.1, -0.05) is 0 Å². The molecular weight excluding hydrogens is 229 g/mol. The van der Waals surface area contributed by atoms with Crippen LogP contribution in [0.3, 0.4) is 0 Å². The minimum Gasteiger partial charge on any atom is -0.290 e. The Morgan fingerprint density at radius 3 is 3.00 bits per heavy atom. The van der Waals surface area contributed by atoms with Crippen molar-refractivity contribution in [2.45, 2.75) is 0 Å². The molecule has 1 aromatic heterocycles. The van der Waals surface area contributed by atoms with Crippen molar-refractivity contribution in [2.24, 2.45) is 4.99 Å². The molecule has 0 unspecified atom stereocenters. The van der Waals surface area contributed by atoms with Crippen LogP contribution in [0.2, 0.25) is 0 Å². The van der Waals surface area contributed by atoms with Crippen LogP contribution in [0.15, 0.2) is 21.6 Å². The van der Waals surface area contributed by atoms with Gasteiger partial charge in [0.25, 0.3) is 0 Å². The molecule has 0 saturated carbocycles. The Hall–Kier alpha value is -1.01. The first kappa shape index (κ1) is 9.08. The largest absolute Gasteiger partial charge is 0.290 e. The van der Waals surface area contributed by atoms with Gasteiger partial charge in [0.1, 0.15) is 6.34 Å². The molecule has 0 saturated heterocycles. The lowest BCUT2D eigenvalue weighted by molar-refractivity contribution is 0.240. The second kappa shape index (κ2) is 4.13. The van der Waals surface area contributed by atoms with Gasteiger partial charge in [0, 0.05) is 0 Å². The molecule has 12 heavy (non-hydrogen) atoms. The number of nitrogens with zero attached hydrogens (tertiary/aromatic N) is 2. The highest BCUT2D eigenvalue weighted by atomic mass is 79.9. The summed E-state index contributed by atoms with van der Waals surface area (Å²) < 4.78 is 13.0. The lowest BCUT2D eigenvalue weighted by Crippen LogP contribution is -2.01. The molecule has 1 rings (SSSR count). The quantitative estimate of drug-likeness (QED) is 0.354. The standard InChI is InChI=1S/C6H5BrFN3O/c7-4-1-2-5(9-3-10-12)11-6(4)8/h1-3,12H,(H,9,10,11). The SMILES string of the molecule is ONC=Nc1ccc(Br)c(F)n1. The van der Waals surface area contributed by atoms with Gasteiger partial charge >= 0.3 is 0 Å². The van der Waals surface area contributed by atoms with E-state index in [4.69, 9.17) is 5.21 Å². The molecule has 0 bridgehead atoms. The van der Waals surface area contributed by atoms with Gasteiger partial charge in [0.15, 0.2) is 5.82 Å². The lowest BCUT2D eigenvalue weighted by atomic mass is 10.5. The molecule has 0 radical (unpaired) electrons. The molecule has 2 N–H and O–H groups in total. The number of halogens is 2. The predicted octanol–water partition coefficient (Wildman–Crippen LogP) is 1.62. The Labute approximate surface area is 76.2 Å². The normalized spacial score (nSPS) is 10.6. The first-order chi connectivity index (χ1) is 5.74. The molecular formula is C6H5BrFN3O. The van der Waals surface area contributed by atoms with Crippen LogP contribution in [0.1, 0.15) is 0 Å². The average molecular weight is 234 g/mol. The van der Waals surface area contributed by atoms with E-state index in [1.54, 1.807) is 5.48 Å². The van der Waals surface area contributed by atoms with Crippen molar-refractivity contribution in [1.29, 1.82) is 0 Å². The van der Waals surface area contributed by atoms with Crippen LogP contribution in [-0.2, 0) is 0 Å². The van der Waals surface area contributed by atoms with Crippen LogP contribution in [-0.4, -0.2) is 16.5 Å². The molecule has 1 aromatic rings. The molecule has 6 heteroatoms. The van der Waals surface area contributed by atoms with Crippen molar-refractivity contribution in [3.63, 3.8) is 0 Å². The maximum absolute atomic E-state index is 12.7. The van der Waals surface area contributed by atoms with Crippen LogP contribution >= 0.6 is 15.9 Å². The van der Waals surface area contributed by atoms with Gasteiger partial charge < -0.3 is 0 Å². The summed E-state index contributed by atoms with van der Waals surface area (Å²) in [4.78, 5) is 7.02. The highest BCUT2D eigenvalue weighted by Crippen LogP contribution is 2.16. The number of rotatable bonds is 2. The molecule has 0 aliphatic rings. The predicted molar refractivity (Wildman–Crippen MR) is 45.0 cm³/mol. The van der Waals surface area contributed by atoms with Crippen molar-refractivity contribution in [1.82, 2.24) is 10.5 Å². The number of hydrogen-bond acceptors (Lipinski definition) is 3. The molecule has 0 aromatic carbocycles. The minimum absolute atomic E-state index is 0.178. The van der Waals surface area contributed by atoms with Crippen molar-refractivity contribution < 1.29 is 9.60 Å². The molecule has 0 atom stereocenters. The fraction of sp³-hybridized carbons (Fsp3) is 0. The van der Waals surface area contributed by atoms with E-state index in [9.17, 15) is 4.39 Å². The van der Waals surface area contributed by atoms with Crippen molar-refractivity contribution in [2.75, 3.05) is 0 Å². The van der Waals surface area contributed by atoms with E-state index in [2.05, 4.69) is 25.9 Å². The summed E-state index contributed by atoms with van der Waals surface area (Å²) in [6, 6.07) is 2.98. The zero-order chi connectivity index (χ0) is 8.97. The molecule has 64 valence electrons. The maximum Gasteiger partial charge on any atom is 0.229 e. The summed E-state index contributed by atoms with van der Waals surface area (Å²) in [5, 5.41) is 8.12. The monoisotopic (exact) mass is 233 g/mol. The van der Waals surface area contributed by atoms with E-state index in [0.29, 0.717) is 0 Å². The number of nitrogens with one attached hydrogen (secondary N) is 1. The van der Waals surface area contributed by atoms with Gasteiger partial charge in [0.05, 0.1) is 4.47 Å². The topological polar surface area (TPSA) is 57.5 Å². The van der Waals surface area contributed by atoms with Crippen LogP contribution in [0.25, 0.3) is 0 Å². The Kier molecular flexibility index (Phi) is 3.12. The van der Waals surface area contributed by atoms with Crippen LogP contribution in [0, 0.1) is 5.95 Å². The molecule has 0 aliphatic heterocycles. The van der Waals surface area contributed by atoms with Gasteiger partial charge in [0.2, 0.25) is 5.95 Å². The second-order valence-corrected chi connectivity index (χ2v) is 2.68. The Bertz CT molecular complexity index is 305. The number of hydrogen-bond donors (Lipinski definition) is 2. The summed E-state index contributed by atoms with van der Waals surface area (Å²) in [6.45, 7) is 0. The number of hydroxylamine groups is 1. The molecule has 0 aliphatic carbocycles. The van der Waals surface area contributed by atoms with Crippen molar-refractivity contribution in [3.05, 3.63) is 22.6 Å². The molecule has 0 spiro atoms. The van der Waals surface area contributed by atoms with E-state index >= 15 is 0 Å². The van der Waals surface area contributed by atoms with Crippen LogP contribution in [0.4, 0.5) is 10.2 Å². The minimum atomic E-state index is -0.636. The average Bonchev–Trinajstić information content (AvgIpc) is 2.07. The molecule has 4 nitrogen and oxygen atoms in total. The summed E-state index contributed by atoms with van der Waals surface area (Å²) >= 11 is 2.94. The third kappa shape index (κ3) is 2.24. The molecule has 0 fully saturated rings. The van der Waals surface area contributed by atoms with Crippen LogP contribution < -0.4 is 5.48 Å². The lowest BCUT2D eigenvalue weighted by Gasteiger charge is -1.94. The number of aromatic nitrogens is 1. The fourth-order valence-electron chi connectivity index (χ4n) is 0.575. The summed E-state index contributed by atoms with van der Waals surface area (Å²) in [7, 11) is 0. The van der Waals surface area contributed by atoms with Gasteiger partial charge in [-0.25, -0.2) is 4.99 Å². The zero-order valence-electron chi connectivity index (χ0n) is 5.83. The van der Waals surface area contributed by atoms with E-state index < -0.39 is 5.95 Å². The summed E-state index contributed by atoms with van der Waals surface area (Å²) in [6.07, 6.45) is 0.996. The Morgan fingerprint density at radius 2 is 2.42 bits per heavy atom. The first-order valence-electron chi connectivity index (χ1n) is 2.98. The van der Waals surface area contributed by atoms with Gasteiger partial charge in [-0.05, 0) is 28.1 Å².